The molecule has 2 aromatic rings. The number of carbonyl (C=O) groups excluding carboxylic acids is 5. The minimum Gasteiger partial charge on any atom is -0.507 e. The lowest BCUT2D eigenvalue weighted by atomic mass is 9.52. The van der Waals surface area contributed by atoms with Crippen molar-refractivity contribution in [1.82, 2.24) is 9.80 Å². The summed E-state index contributed by atoms with van der Waals surface area (Å²) in [5.41, 5.74) is 4.74. The molecule has 0 radical (unpaired) electrons. The lowest BCUT2D eigenvalue weighted by Gasteiger charge is -2.52. The van der Waals surface area contributed by atoms with Crippen molar-refractivity contribution >= 4 is 40.6 Å². The van der Waals surface area contributed by atoms with Gasteiger partial charge in [0.25, 0.3) is 0 Å². The number of benzene rings is 2. The summed E-state index contributed by atoms with van der Waals surface area (Å²) in [6, 6.07) is 10.3. The molecule has 2 unspecified atom stereocenters. The van der Waals surface area contributed by atoms with Gasteiger partial charge in [0.2, 0.25) is 5.91 Å². The molecule has 0 aliphatic heterocycles. The minimum absolute atomic E-state index is 0.0244. The SMILES string of the molecule is CCN(CCc1ccccc1)Cc1cc(O)c2c(c1Cl)C[C@H]1C[C@H]3[C@H](N(C)C)C(=O)C(C(N)=O)C(=O)[C@@]3(O)C(=O)C1C2=O. The molecule has 2 saturated carbocycles. The maximum absolute atomic E-state index is 13.9. The Labute approximate surface area is 254 Å². The molecule has 43 heavy (non-hydrogen) atoms. The van der Waals surface area contributed by atoms with Gasteiger partial charge in [-0.2, -0.15) is 0 Å². The van der Waals surface area contributed by atoms with E-state index in [1.54, 1.807) is 14.1 Å². The number of Topliss-reactive ketones (excluding diaryl/α,β-unsaturated/α-hetero) is 4. The van der Waals surface area contributed by atoms with Crippen molar-refractivity contribution in [3.63, 3.8) is 0 Å². The Morgan fingerprint density at radius 3 is 2.40 bits per heavy atom. The second kappa shape index (κ2) is 11.6. The Balaban J connectivity index is 1.49. The van der Waals surface area contributed by atoms with Crippen LogP contribution in [0.3, 0.4) is 0 Å². The van der Waals surface area contributed by atoms with Crippen LogP contribution in [0.4, 0.5) is 0 Å². The lowest BCUT2D eigenvalue weighted by molar-refractivity contribution is -0.181. The van der Waals surface area contributed by atoms with Crippen LogP contribution in [0.1, 0.15) is 40.4 Å². The van der Waals surface area contributed by atoms with Crippen LogP contribution in [-0.4, -0.2) is 87.9 Å². The molecule has 6 atom stereocenters. The monoisotopic (exact) mass is 609 g/mol. The highest BCUT2D eigenvalue weighted by atomic mass is 35.5. The molecule has 0 aromatic heterocycles. The highest BCUT2D eigenvalue weighted by molar-refractivity contribution is 6.34. The van der Waals surface area contributed by atoms with Crippen LogP contribution < -0.4 is 5.73 Å². The highest BCUT2D eigenvalue weighted by Gasteiger charge is 2.69. The van der Waals surface area contributed by atoms with E-state index in [0.717, 1.165) is 19.5 Å². The number of rotatable bonds is 8. The predicted molar refractivity (Wildman–Crippen MR) is 157 cm³/mol. The van der Waals surface area contributed by atoms with Gasteiger partial charge >= 0.3 is 0 Å². The summed E-state index contributed by atoms with van der Waals surface area (Å²) in [5.74, 6) is -10.8. The van der Waals surface area contributed by atoms with Crippen LogP contribution in [0, 0.1) is 23.7 Å². The van der Waals surface area contributed by atoms with Crippen LogP contribution in [0.2, 0.25) is 5.02 Å². The molecule has 0 saturated heterocycles. The van der Waals surface area contributed by atoms with Crippen molar-refractivity contribution in [2.24, 2.45) is 29.4 Å². The molecule has 2 aromatic carbocycles. The molecule has 5 rings (SSSR count). The maximum atomic E-state index is 13.9. The molecule has 228 valence electrons. The maximum Gasteiger partial charge on any atom is 0.235 e. The number of phenols is 1. The first-order valence-corrected chi connectivity index (χ1v) is 14.8. The molecule has 3 aliphatic carbocycles. The predicted octanol–water partition coefficient (Wildman–Crippen LogP) is 1.58. The number of fused-ring (bicyclic) bond motifs is 3. The van der Waals surface area contributed by atoms with Gasteiger partial charge in [-0.1, -0.05) is 48.9 Å². The standard InChI is InChI=1S/C32H36ClN3O7/c1-4-36(11-10-16-8-6-5-7-9-16)15-18-14-21(37)23-19(25(18)33)12-17-13-20-26(35(2)3)28(39)24(31(34)42)30(41)32(20,43)29(40)22(17)27(23)38/h5-9,14,17,20,22,24,26,37,43H,4,10-13,15H2,1-3H3,(H2,34,42)/t17-,20-,22?,24?,26-,32-/m0/s1. The van der Waals surface area contributed by atoms with Crippen LogP contribution in [0.25, 0.3) is 0 Å². The van der Waals surface area contributed by atoms with Crippen molar-refractivity contribution in [2.75, 3.05) is 27.2 Å². The van der Waals surface area contributed by atoms with Crippen molar-refractivity contribution < 1.29 is 34.2 Å². The number of phenolic OH excluding ortho intramolecular Hbond substituents is 1. The summed E-state index contributed by atoms with van der Waals surface area (Å²) in [6.45, 7) is 3.91. The second-order valence-corrected chi connectivity index (χ2v) is 12.5. The summed E-state index contributed by atoms with van der Waals surface area (Å²) in [7, 11) is 3.10. The van der Waals surface area contributed by atoms with E-state index in [9.17, 15) is 34.2 Å². The largest absolute Gasteiger partial charge is 0.507 e. The number of aromatic hydroxyl groups is 1. The first-order valence-electron chi connectivity index (χ1n) is 14.5. The van der Waals surface area contributed by atoms with Gasteiger partial charge in [-0.3, -0.25) is 33.8 Å². The molecule has 0 spiro atoms. The van der Waals surface area contributed by atoms with Crippen molar-refractivity contribution in [1.29, 1.82) is 0 Å². The Hall–Kier alpha value is -3.44. The number of amides is 1. The number of halogens is 1. The van der Waals surface area contributed by atoms with E-state index in [1.165, 1.54) is 16.5 Å². The fourth-order valence-corrected chi connectivity index (χ4v) is 7.63. The van der Waals surface area contributed by atoms with E-state index >= 15 is 0 Å². The van der Waals surface area contributed by atoms with Crippen LogP contribution >= 0.6 is 11.6 Å². The average molecular weight is 610 g/mol. The zero-order valence-corrected chi connectivity index (χ0v) is 25.1. The molecule has 2 fully saturated rings. The third-order valence-electron chi connectivity index (χ3n) is 9.47. The number of likely N-dealkylation sites (N-methyl/N-ethyl adjacent to an activating group) is 2. The van der Waals surface area contributed by atoms with Gasteiger partial charge in [-0.15, -0.1) is 0 Å². The van der Waals surface area contributed by atoms with E-state index in [-0.39, 0.29) is 24.2 Å². The Kier molecular flexibility index (Phi) is 8.34. The molecule has 11 heteroatoms. The van der Waals surface area contributed by atoms with Gasteiger partial charge in [-0.05, 0) is 68.6 Å². The molecular weight excluding hydrogens is 574 g/mol. The number of ketones is 4. The molecular formula is C32H36ClN3O7. The van der Waals surface area contributed by atoms with E-state index in [4.69, 9.17) is 17.3 Å². The van der Waals surface area contributed by atoms with Gasteiger partial charge in [0.15, 0.2) is 34.7 Å². The zero-order valence-electron chi connectivity index (χ0n) is 24.4. The normalized spacial score (nSPS) is 28.6. The summed E-state index contributed by atoms with van der Waals surface area (Å²) in [5, 5.41) is 23.1. The summed E-state index contributed by atoms with van der Waals surface area (Å²) in [4.78, 5) is 70.2. The van der Waals surface area contributed by atoms with E-state index in [2.05, 4.69) is 17.0 Å². The minimum atomic E-state index is -2.75. The molecule has 4 N–H and O–H groups in total. The zero-order chi connectivity index (χ0) is 31.4. The number of aliphatic hydroxyl groups is 1. The lowest BCUT2D eigenvalue weighted by Crippen LogP contribution is -2.74. The van der Waals surface area contributed by atoms with Gasteiger partial charge in [0.1, 0.15) is 5.75 Å². The quantitative estimate of drug-likeness (QED) is 0.378. The van der Waals surface area contributed by atoms with E-state index in [1.807, 2.05) is 25.1 Å². The summed E-state index contributed by atoms with van der Waals surface area (Å²) < 4.78 is 0. The first-order chi connectivity index (χ1) is 20.3. The average Bonchev–Trinajstić information content (AvgIpc) is 2.95. The van der Waals surface area contributed by atoms with Crippen molar-refractivity contribution in [2.45, 2.75) is 44.4 Å². The number of nitrogens with two attached hydrogens (primary N) is 1. The molecule has 0 bridgehead atoms. The van der Waals surface area contributed by atoms with Crippen LogP contribution in [-0.2, 0) is 38.6 Å². The number of primary amides is 1. The van der Waals surface area contributed by atoms with Crippen molar-refractivity contribution in [3.8, 4) is 5.75 Å². The Bertz CT molecular complexity index is 1510. The van der Waals surface area contributed by atoms with Gasteiger partial charge < -0.3 is 15.9 Å². The highest BCUT2D eigenvalue weighted by Crippen LogP contribution is 2.51. The van der Waals surface area contributed by atoms with E-state index < -0.39 is 64.4 Å². The Morgan fingerprint density at radius 1 is 1.12 bits per heavy atom. The number of nitrogens with zero attached hydrogens (tertiary/aromatic N) is 2. The summed E-state index contributed by atoms with van der Waals surface area (Å²) in [6.07, 6.45) is 0.921. The smallest absolute Gasteiger partial charge is 0.235 e. The molecule has 10 nitrogen and oxygen atoms in total. The second-order valence-electron chi connectivity index (χ2n) is 12.1. The number of carbonyl (C=O) groups is 5. The fourth-order valence-electron chi connectivity index (χ4n) is 7.34. The number of hydrogen-bond acceptors (Lipinski definition) is 9. The molecule has 3 aliphatic rings. The van der Waals surface area contributed by atoms with Crippen molar-refractivity contribution in [3.05, 3.63) is 63.7 Å². The van der Waals surface area contributed by atoms with Gasteiger partial charge in [0, 0.05) is 24.0 Å². The molecule has 0 heterocycles. The third-order valence-corrected chi connectivity index (χ3v) is 9.94. The third kappa shape index (κ3) is 5.00. The number of hydrogen-bond donors (Lipinski definition) is 3. The van der Waals surface area contributed by atoms with Gasteiger partial charge in [-0.25, -0.2) is 0 Å². The molecule has 1 amide bonds. The van der Waals surface area contributed by atoms with Crippen LogP contribution in [0.15, 0.2) is 36.4 Å². The van der Waals surface area contributed by atoms with E-state index in [0.29, 0.717) is 22.7 Å². The Morgan fingerprint density at radius 2 is 1.79 bits per heavy atom. The topological polar surface area (TPSA) is 158 Å². The van der Waals surface area contributed by atoms with Crippen LogP contribution in [0.5, 0.6) is 5.75 Å². The fraction of sp³-hybridized carbons (Fsp3) is 0.469. The van der Waals surface area contributed by atoms with Gasteiger partial charge in [0.05, 0.1) is 17.5 Å². The first kappa shape index (κ1) is 31.0. The summed E-state index contributed by atoms with van der Waals surface area (Å²) >= 11 is 6.90.